The second-order valence-electron chi connectivity index (χ2n) is 5.43. The summed E-state index contributed by atoms with van der Waals surface area (Å²) in [5.41, 5.74) is 2.26. The second-order valence-corrected chi connectivity index (χ2v) is 6.28. The van der Waals surface area contributed by atoms with Gasteiger partial charge in [-0.25, -0.2) is 9.97 Å². The number of pyridine rings is 1. The Morgan fingerprint density at radius 2 is 2.22 bits per heavy atom. The molecule has 3 aromatic heterocycles. The number of nitrogens with zero attached hydrogens (tertiary/aromatic N) is 2. The average molecular weight is 325 g/mol. The molecule has 6 nitrogen and oxygen atoms in total. The molecule has 1 aliphatic rings. The smallest absolute Gasteiger partial charge is 0.259 e. The van der Waals surface area contributed by atoms with Gasteiger partial charge in [0.15, 0.2) is 5.13 Å². The Hall–Kier alpha value is -2.67. The van der Waals surface area contributed by atoms with Crippen LogP contribution in [-0.2, 0) is 0 Å². The van der Waals surface area contributed by atoms with Crippen molar-refractivity contribution < 1.29 is 4.79 Å². The number of thiazole rings is 1. The van der Waals surface area contributed by atoms with Crippen LogP contribution in [0.25, 0.3) is 11.4 Å². The summed E-state index contributed by atoms with van der Waals surface area (Å²) in [6.45, 7) is 0. The van der Waals surface area contributed by atoms with Gasteiger partial charge in [0.2, 0.25) is 0 Å². The molecule has 0 unspecified atom stereocenters. The molecule has 0 bridgehead atoms. The minimum Gasteiger partial charge on any atom is -0.367 e. The number of amides is 1. The molecule has 3 aromatic rings. The fourth-order valence-electron chi connectivity index (χ4n) is 2.16. The first-order chi connectivity index (χ1) is 11.3. The molecule has 7 heteroatoms. The maximum Gasteiger partial charge on any atom is 0.259 e. The molecule has 0 saturated heterocycles. The van der Waals surface area contributed by atoms with E-state index in [0.717, 1.165) is 17.2 Å². The summed E-state index contributed by atoms with van der Waals surface area (Å²) in [6, 6.07) is 8.00. The topological polar surface area (TPSA) is 82.7 Å². The molecular weight excluding hydrogens is 310 g/mol. The minimum atomic E-state index is -0.206. The van der Waals surface area contributed by atoms with Gasteiger partial charge in [0.1, 0.15) is 5.82 Å². The quantitative estimate of drug-likeness (QED) is 0.672. The molecule has 3 N–H and O–H groups in total. The fraction of sp³-hybridized carbons (Fsp3) is 0.188. The molecular formula is C16H15N5OS. The van der Waals surface area contributed by atoms with Crippen molar-refractivity contribution in [3.05, 3.63) is 47.6 Å². The third kappa shape index (κ3) is 3.24. The van der Waals surface area contributed by atoms with Crippen LogP contribution in [0, 0.1) is 0 Å². The van der Waals surface area contributed by atoms with Crippen LogP contribution in [0.1, 0.15) is 23.2 Å². The monoisotopic (exact) mass is 325 g/mol. The lowest BCUT2D eigenvalue weighted by atomic mass is 10.2. The number of hydrogen-bond donors (Lipinski definition) is 3. The molecule has 0 spiro atoms. The summed E-state index contributed by atoms with van der Waals surface area (Å²) in [7, 11) is 0. The maximum absolute atomic E-state index is 12.2. The van der Waals surface area contributed by atoms with Crippen LogP contribution in [0.15, 0.2) is 42.0 Å². The first-order valence-corrected chi connectivity index (χ1v) is 8.29. The maximum atomic E-state index is 12.2. The van der Waals surface area contributed by atoms with Crippen molar-refractivity contribution in [2.45, 2.75) is 18.9 Å². The molecule has 1 fully saturated rings. The Morgan fingerprint density at radius 1 is 1.30 bits per heavy atom. The van der Waals surface area contributed by atoms with Crippen molar-refractivity contribution >= 4 is 28.2 Å². The Morgan fingerprint density at radius 3 is 2.91 bits per heavy atom. The van der Waals surface area contributed by atoms with E-state index in [4.69, 9.17) is 0 Å². The molecule has 4 rings (SSSR count). The molecule has 23 heavy (non-hydrogen) atoms. The van der Waals surface area contributed by atoms with Gasteiger partial charge >= 0.3 is 0 Å². The highest BCUT2D eigenvalue weighted by Crippen LogP contribution is 2.25. The highest BCUT2D eigenvalue weighted by molar-refractivity contribution is 7.14. The number of anilines is 2. The van der Waals surface area contributed by atoms with Gasteiger partial charge in [0, 0.05) is 23.8 Å². The molecule has 1 saturated carbocycles. The van der Waals surface area contributed by atoms with Crippen LogP contribution in [0.2, 0.25) is 0 Å². The minimum absolute atomic E-state index is 0.206. The molecule has 1 amide bonds. The summed E-state index contributed by atoms with van der Waals surface area (Å²) >= 11 is 1.39. The van der Waals surface area contributed by atoms with Crippen LogP contribution in [0.3, 0.4) is 0 Å². The van der Waals surface area contributed by atoms with E-state index in [0.29, 0.717) is 16.7 Å². The highest BCUT2D eigenvalue weighted by atomic mass is 32.1. The molecule has 1 aliphatic carbocycles. The largest absolute Gasteiger partial charge is 0.367 e. The van der Waals surface area contributed by atoms with Crippen molar-refractivity contribution in [3.63, 3.8) is 0 Å². The lowest BCUT2D eigenvalue weighted by Gasteiger charge is -2.05. The molecule has 0 radical (unpaired) electrons. The second kappa shape index (κ2) is 5.85. The predicted octanol–water partition coefficient (Wildman–Crippen LogP) is 3.36. The average Bonchev–Trinajstić information content (AvgIpc) is 3.04. The fourth-order valence-corrected chi connectivity index (χ4v) is 2.87. The number of rotatable bonds is 5. The third-order valence-corrected chi connectivity index (χ3v) is 4.31. The zero-order chi connectivity index (χ0) is 15.6. The standard InChI is InChI=1S/C16H15N5OS/c22-15(10-3-6-14(18-8-10)19-11-4-5-11)21-16-20-13(9-23-16)12-2-1-7-17-12/h1-3,6-9,11,17H,4-5H2,(H,18,19)(H,20,21,22). The van der Waals surface area contributed by atoms with E-state index in [-0.39, 0.29) is 5.91 Å². The van der Waals surface area contributed by atoms with Gasteiger partial charge in [-0.05, 0) is 37.1 Å². The van der Waals surface area contributed by atoms with Crippen LogP contribution < -0.4 is 10.6 Å². The first kappa shape index (κ1) is 14.0. The Labute approximate surface area is 137 Å². The van der Waals surface area contributed by atoms with E-state index in [1.807, 2.05) is 29.8 Å². The van der Waals surface area contributed by atoms with Crippen LogP contribution in [0.5, 0.6) is 0 Å². The number of nitrogens with one attached hydrogen (secondary N) is 3. The summed E-state index contributed by atoms with van der Waals surface area (Å²) in [6.07, 6.45) is 5.81. The van der Waals surface area contributed by atoms with Gasteiger partial charge in [0.05, 0.1) is 17.0 Å². The summed E-state index contributed by atoms with van der Waals surface area (Å²) in [5, 5.41) is 8.58. The van der Waals surface area contributed by atoms with Gasteiger partial charge < -0.3 is 10.3 Å². The molecule has 0 aromatic carbocycles. The third-order valence-electron chi connectivity index (χ3n) is 3.55. The van der Waals surface area contributed by atoms with Crippen LogP contribution in [-0.4, -0.2) is 26.9 Å². The van der Waals surface area contributed by atoms with E-state index in [1.165, 1.54) is 24.2 Å². The lowest BCUT2D eigenvalue weighted by molar-refractivity contribution is 0.102. The SMILES string of the molecule is O=C(Nc1nc(-c2ccc[nH]2)cs1)c1ccc(NC2CC2)nc1. The van der Waals surface area contributed by atoms with Gasteiger partial charge in [-0.15, -0.1) is 11.3 Å². The molecule has 0 atom stereocenters. The van der Waals surface area contributed by atoms with Crippen molar-refractivity contribution in [3.8, 4) is 11.4 Å². The van der Waals surface area contributed by atoms with Gasteiger partial charge in [-0.3, -0.25) is 10.1 Å². The number of aromatic amines is 1. The van der Waals surface area contributed by atoms with Crippen molar-refractivity contribution in [2.75, 3.05) is 10.6 Å². The Kier molecular flexibility index (Phi) is 3.55. The number of carbonyl (C=O) groups excluding carboxylic acids is 1. The zero-order valence-corrected chi connectivity index (χ0v) is 13.1. The number of carbonyl (C=O) groups is 1. The normalized spacial score (nSPS) is 13.7. The Balaban J connectivity index is 1.42. The summed E-state index contributed by atoms with van der Waals surface area (Å²) < 4.78 is 0. The van der Waals surface area contributed by atoms with Crippen molar-refractivity contribution in [2.24, 2.45) is 0 Å². The van der Waals surface area contributed by atoms with Crippen molar-refractivity contribution in [1.29, 1.82) is 0 Å². The van der Waals surface area contributed by atoms with E-state index < -0.39 is 0 Å². The van der Waals surface area contributed by atoms with Crippen LogP contribution in [0.4, 0.5) is 10.9 Å². The van der Waals surface area contributed by atoms with Gasteiger partial charge in [0.25, 0.3) is 5.91 Å². The lowest BCUT2D eigenvalue weighted by Crippen LogP contribution is -2.12. The van der Waals surface area contributed by atoms with E-state index in [9.17, 15) is 4.79 Å². The molecule has 116 valence electrons. The number of H-pyrrole nitrogens is 1. The van der Waals surface area contributed by atoms with E-state index in [2.05, 4.69) is 25.6 Å². The van der Waals surface area contributed by atoms with Crippen LogP contribution >= 0.6 is 11.3 Å². The highest BCUT2D eigenvalue weighted by Gasteiger charge is 2.21. The predicted molar refractivity (Wildman–Crippen MR) is 90.7 cm³/mol. The number of aromatic nitrogens is 3. The molecule has 0 aliphatic heterocycles. The Bertz CT molecular complexity index is 805. The molecule has 3 heterocycles. The van der Waals surface area contributed by atoms with Crippen molar-refractivity contribution in [1.82, 2.24) is 15.0 Å². The summed E-state index contributed by atoms with van der Waals surface area (Å²) in [4.78, 5) is 24.0. The van der Waals surface area contributed by atoms with Gasteiger partial charge in [-0.2, -0.15) is 0 Å². The van der Waals surface area contributed by atoms with E-state index in [1.54, 1.807) is 12.3 Å². The number of hydrogen-bond acceptors (Lipinski definition) is 5. The van der Waals surface area contributed by atoms with E-state index >= 15 is 0 Å². The van der Waals surface area contributed by atoms with Gasteiger partial charge in [-0.1, -0.05) is 0 Å². The summed E-state index contributed by atoms with van der Waals surface area (Å²) in [5.74, 6) is 0.607. The zero-order valence-electron chi connectivity index (χ0n) is 12.2. The first-order valence-electron chi connectivity index (χ1n) is 7.41.